The van der Waals surface area contributed by atoms with Crippen LogP contribution in [0.1, 0.15) is 47.2 Å². The number of nitrogens with one attached hydrogen (secondary N) is 1. The molecule has 0 atom stereocenters. The zero-order chi connectivity index (χ0) is 23.4. The molecule has 1 aliphatic heterocycles. The van der Waals surface area contributed by atoms with E-state index in [1.807, 2.05) is 43.3 Å². The molecule has 2 aromatic carbocycles. The number of ether oxygens (including phenoxy) is 2. The van der Waals surface area contributed by atoms with Crippen LogP contribution in [0.5, 0.6) is 11.5 Å². The van der Waals surface area contributed by atoms with Gasteiger partial charge in [-0.2, -0.15) is 0 Å². The molecular formula is C27H33N3O3. The summed E-state index contributed by atoms with van der Waals surface area (Å²) in [5.41, 5.74) is 3.08. The highest BCUT2D eigenvalue weighted by Crippen LogP contribution is 2.49. The van der Waals surface area contributed by atoms with Crippen molar-refractivity contribution in [2.75, 3.05) is 34.4 Å². The standard InChI is InChI=1S/C22H22N2O3.C5H11N/c1-14-6-7-15(26-2)11-18(14)21(25)24-22(8-9-22)19-12-16(27-3)13-20-17(19)5-4-10-23-20;1-6-4-2-3-5-6/h4-7,10-13H,8-9H2,1-3H3,(H,24,25);2-5H2,1H3. The van der Waals surface area contributed by atoms with Gasteiger partial charge in [-0.3, -0.25) is 9.78 Å². The van der Waals surface area contributed by atoms with Gasteiger partial charge in [0.1, 0.15) is 11.5 Å². The van der Waals surface area contributed by atoms with E-state index in [0.717, 1.165) is 40.6 Å². The Morgan fingerprint density at radius 3 is 2.36 bits per heavy atom. The second-order valence-corrected chi connectivity index (χ2v) is 8.97. The molecule has 6 heteroatoms. The fraction of sp³-hybridized carbons (Fsp3) is 0.407. The van der Waals surface area contributed by atoms with E-state index in [0.29, 0.717) is 11.3 Å². The van der Waals surface area contributed by atoms with Crippen molar-refractivity contribution < 1.29 is 14.3 Å². The fourth-order valence-corrected chi connectivity index (χ4v) is 4.39. The number of amides is 1. The molecule has 0 radical (unpaired) electrons. The quantitative estimate of drug-likeness (QED) is 0.615. The van der Waals surface area contributed by atoms with Crippen LogP contribution in [0.4, 0.5) is 0 Å². The van der Waals surface area contributed by atoms with Crippen LogP contribution in [0, 0.1) is 6.92 Å². The van der Waals surface area contributed by atoms with Crippen LogP contribution in [0.25, 0.3) is 10.9 Å². The SMILES string of the molecule is CN1CCCC1.COc1ccc(C)c(C(=O)NC2(c3cc(OC)cc4ncccc34)CC2)c1. The minimum atomic E-state index is -0.386. The zero-order valence-corrected chi connectivity index (χ0v) is 20.0. The van der Waals surface area contributed by atoms with Gasteiger partial charge in [0.15, 0.2) is 0 Å². The van der Waals surface area contributed by atoms with E-state index in [1.54, 1.807) is 26.5 Å². The molecule has 0 unspecified atom stereocenters. The Labute approximate surface area is 195 Å². The Hall–Kier alpha value is -3.12. The summed E-state index contributed by atoms with van der Waals surface area (Å²) < 4.78 is 10.7. The first-order valence-corrected chi connectivity index (χ1v) is 11.5. The lowest BCUT2D eigenvalue weighted by Gasteiger charge is -2.21. The number of pyridine rings is 1. The number of nitrogens with zero attached hydrogens (tertiary/aromatic N) is 2. The van der Waals surface area contributed by atoms with E-state index in [4.69, 9.17) is 9.47 Å². The van der Waals surface area contributed by atoms with Crippen LogP contribution < -0.4 is 14.8 Å². The van der Waals surface area contributed by atoms with Crippen molar-refractivity contribution in [1.29, 1.82) is 0 Å². The number of benzene rings is 2. The topological polar surface area (TPSA) is 63.7 Å². The summed E-state index contributed by atoms with van der Waals surface area (Å²) >= 11 is 0. The van der Waals surface area contributed by atoms with E-state index >= 15 is 0 Å². The van der Waals surface area contributed by atoms with Gasteiger partial charge in [0.25, 0.3) is 5.91 Å². The summed E-state index contributed by atoms with van der Waals surface area (Å²) in [6.07, 6.45) is 6.37. The first-order valence-electron chi connectivity index (χ1n) is 11.5. The van der Waals surface area contributed by atoms with E-state index in [1.165, 1.54) is 25.9 Å². The number of hydrogen-bond acceptors (Lipinski definition) is 5. The van der Waals surface area contributed by atoms with Crippen LogP contribution >= 0.6 is 0 Å². The second-order valence-electron chi connectivity index (χ2n) is 8.97. The predicted octanol–water partition coefficient (Wildman–Crippen LogP) is 4.69. The van der Waals surface area contributed by atoms with Gasteiger partial charge in [0.2, 0.25) is 0 Å². The first kappa shape index (κ1) is 23.1. The summed E-state index contributed by atoms with van der Waals surface area (Å²) in [5.74, 6) is 1.32. The number of likely N-dealkylation sites (tertiary alicyclic amines) is 1. The number of carbonyl (C=O) groups is 1. The average molecular weight is 448 g/mol. The molecule has 174 valence electrons. The molecule has 2 fully saturated rings. The third-order valence-corrected chi connectivity index (χ3v) is 6.57. The summed E-state index contributed by atoms with van der Waals surface area (Å²) in [5, 5.41) is 4.30. The van der Waals surface area contributed by atoms with Crippen molar-refractivity contribution in [2.45, 2.75) is 38.1 Å². The Kier molecular flexibility index (Phi) is 6.84. The summed E-state index contributed by atoms with van der Waals surface area (Å²) in [4.78, 5) is 19.9. The third-order valence-electron chi connectivity index (χ3n) is 6.57. The lowest BCUT2D eigenvalue weighted by atomic mass is 9.97. The third kappa shape index (κ3) is 5.11. The molecule has 2 heterocycles. The van der Waals surface area contributed by atoms with Crippen LogP contribution in [-0.4, -0.2) is 50.1 Å². The van der Waals surface area contributed by atoms with E-state index in [-0.39, 0.29) is 11.4 Å². The van der Waals surface area contributed by atoms with Gasteiger partial charge in [-0.05, 0) is 88.1 Å². The molecule has 1 saturated carbocycles. The minimum Gasteiger partial charge on any atom is -0.497 e. The molecule has 2 aliphatic rings. The molecule has 6 nitrogen and oxygen atoms in total. The zero-order valence-electron chi connectivity index (χ0n) is 20.0. The lowest BCUT2D eigenvalue weighted by molar-refractivity contribution is 0.0930. The van der Waals surface area contributed by atoms with Gasteiger partial charge in [-0.15, -0.1) is 0 Å². The molecule has 3 aromatic rings. The summed E-state index contributed by atoms with van der Waals surface area (Å²) in [6.45, 7) is 4.57. The Balaban J connectivity index is 0.000000376. The van der Waals surface area contributed by atoms with Gasteiger partial charge in [0.05, 0.1) is 25.3 Å². The number of fused-ring (bicyclic) bond motifs is 1. The number of carbonyl (C=O) groups excluding carboxylic acids is 1. The Bertz CT molecular complexity index is 1130. The highest BCUT2D eigenvalue weighted by atomic mass is 16.5. The van der Waals surface area contributed by atoms with Crippen molar-refractivity contribution >= 4 is 16.8 Å². The number of aryl methyl sites for hydroxylation is 1. The lowest BCUT2D eigenvalue weighted by Crippen LogP contribution is -2.35. The fourth-order valence-electron chi connectivity index (χ4n) is 4.39. The van der Waals surface area contributed by atoms with Crippen molar-refractivity contribution in [3.8, 4) is 11.5 Å². The maximum atomic E-state index is 13.0. The van der Waals surface area contributed by atoms with Gasteiger partial charge in [-0.25, -0.2) is 0 Å². The minimum absolute atomic E-state index is 0.0937. The Morgan fingerprint density at radius 1 is 1.03 bits per heavy atom. The van der Waals surface area contributed by atoms with Crippen LogP contribution in [0.2, 0.25) is 0 Å². The number of methoxy groups -OCH3 is 2. The van der Waals surface area contributed by atoms with Crippen LogP contribution in [0.3, 0.4) is 0 Å². The van der Waals surface area contributed by atoms with E-state index < -0.39 is 0 Å². The summed E-state index contributed by atoms with van der Waals surface area (Å²) in [6, 6.07) is 13.4. The number of aromatic nitrogens is 1. The average Bonchev–Trinajstić information content (AvgIpc) is 3.46. The smallest absolute Gasteiger partial charge is 0.252 e. The number of rotatable bonds is 5. The molecule has 1 aliphatic carbocycles. The van der Waals surface area contributed by atoms with Crippen LogP contribution in [0.15, 0.2) is 48.7 Å². The monoisotopic (exact) mass is 447 g/mol. The highest BCUT2D eigenvalue weighted by Gasteiger charge is 2.47. The van der Waals surface area contributed by atoms with Gasteiger partial charge < -0.3 is 19.7 Å². The van der Waals surface area contributed by atoms with Crippen molar-refractivity contribution in [3.05, 3.63) is 65.4 Å². The molecular weight excluding hydrogens is 414 g/mol. The molecule has 5 rings (SSSR count). The van der Waals surface area contributed by atoms with E-state index in [9.17, 15) is 4.79 Å². The van der Waals surface area contributed by atoms with Gasteiger partial charge >= 0.3 is 0 Å². The van der Waals surface area contributed by atoms with Crippen LogP contribution in [-0.2, 0) is 5.54 Å². The summed E-state index contributed by atoms with van der Waals surface area (Å²) in [7, 11) is 5.42. The molecule has 1 saturated heterocycles. The first-order chi connectivity index (χ1) is 16.0. The normalized spacial score (nSPS) is 16.6. The molecule has 0 bridgehead atoms. The maximum Gasteiger partial charge on any atom is 0.252 e. The Morgan fingerprint density at radius 2 is 1.76 bits per heavy atom. The largest absolute Gasteiger partial charge is 0.497 e. The number of hydrogen-bond donors (Lipinski definition) is 1. The van der Waals surface area contributed by atoms with Crippen molar-refractivity contribution in [1.82, 2.24) is 15.2 Å². The van der Waals surface area contributed by atoms with Gasteiger partial charge in [0, 0.05) is 23.2 Å². The second kappa shape index (κ2) is 9.79. The molecule has 0 spiro atoms. The maximum absolute atomic E-state index is 13.0. The molecule has 33 heavy (non-hydrogen) atoms. The predicted molar refractivity (Wildman–Crippen MR) is 131 cm³/mol. The van der Waals surface area contributed by atoms with Gasteiger partial charge in [-0.1, -0.05) is 12.1 Å². The highest BCUT2D eigenvalue weighted by molar-refractivity contribution is 5.97. The molecule has 1 amide bonds. The van der Waals surface area contributed by atoms with E-state index in [2.05, 4.69) is 22.2 Å². The molecule has 1 aromatic heterocycles. The van der Waals surface area contributed by atoms with Crippen molar-refractivity contribution in [3.63, 3.8) is 0 Å². The molecule has 1 N–H and O–H groups in total. The van der Waals surface area contributed by atoms with Crippen molar-refractivity contribution in [2.24, 2.45) is 0 Å².